The van der Waals surface area contributed by atoms with E-state index in [1.165, 1.54) is 15.9 Å². The summed E-state index contributed by atoms with van der Waals surface area (Å²) in [7, 11) is 1.68. The molecule has 4 aliphatic rings. The van der Waals surface area contributed by atoms with Crippen LogP contribution in [0.5, 0.6) is 0 Å². The largest absolute Gasteiger partial charge is 0.383 e. The summed E-state index contributed by atoms with van der Waals surface area (Å²) < 4.78 is 31.3. The lowest BCUT2D eigenvalue weighted by Crippen LogP contribution is -2.49. The van der Waals surface area contributed by atoms with Crippen LogP contribution < -0.4 is 16.0 Å². The van der Waals surface area contributed by atoms with Crippen LogP contribution in [0.3, 0.4) is 0 Å². The maximum atomic E-state index is 16.1. The summed E-state index contributed by atoms with van der Waals surface area (Å²) in [5, 5.41) is 17.3. The molecule has 1 aromatic carbocycles. The maximum Gasteiger partial charge on any atom is 0.329 e. The monoisotopic (exact) mass is 916 g/mol. The molecule has 3 saturated heterocycles. The molecule has 10 rings (SSSR count). The number of carbonyl (C=O) groups is 3. The molecule has 3 N–H and O–H groups in total. The molecule has 6 aromatic rings. The Morgan fingerprint density at radius 2 is 1.72 bits per heavy atom. The Morgan fingerprint density at radius 1 is 0.940 bits per heavy atom. The average Bonchev–Trinajstić information content (AvgIpc) is 3.80. The second-order valence-corrected chi connectivity index (χ2v) is 18.7. The van der Waals surface area contributed by atoms with Gasteiger partial charge in [0.15, 0.2) is 28.9 Å². The first kappa shape index (κ1) is 44.4. The minimum absolute atomic E-state index is 0.0329. The Bertz CT molecular complexity index is 2800. The highest BCUT2D eigenvalue weighted by Crippen LogP contribution is 2.48. The normalized spacial score (nSPS) is 18.0. The van der Waals surface area contributed by atoms with E-state index >= 15 is 4.39 Å². The van der Waals surface area contributed by atoms with E-state index in [-0.39, 0.29) is 48.5 Å². The molecule has 0 bridgehead atoms. The van der Waals surface area contributed by atoms with Crippen LogP contribution in [0.15, 0.2) is 35.4 Å². The van der Waals surface area contributed by atoms with Gasteiger partial charge in [0.2, 0.25) is 11.8 Å². The topological polar surface area (TPSA) is 221 Å². The number of nitrogens with zero attached hydrogens (tertiary/aromatic N) is 12. The summed E-state index contributed by atoms with van der Waals surface area (Å²) in [4.78, 5) is 61.4. The van der Waals surface area contributed by atoms with Crippen molar-refractivity contribution in [2.45, 2.75) is 95.9 Å². The van der Waals surface area contributed by atoms with E-state index in [0.29, 0.717) is 94.7 Å². The van der Waals surface area contributed by atoms with Gasteiger partial charge in [-0.25, -0.2) is 33.8 Å². The number of ether oxygens (including phenoxy) is 1. The number of aromatic nitrogens is 9. The van der Waals surface area contributed by atoms with Gasteiger partial charge in [-0.2, -0.15) is 10.2 Å². The molecule has 8 heterocycles. The van der Waals surface area contributed by atoms with Gasteiger partial charge in [-0.1, -0.05) is 11.2 Å². The molecule has 1 saturated carbocycles. The van der Waals surface area contributed by atoms with E-state index in [2.05, 4.69) is 30.4 Å². The van der Waals surface area contributed by atoms with Crippen molar-refractivity contribution in [3.8, 4) is 22.8 Å². The molecule has 20 heteroatoms. The van der Waals surface area contributed by atoms with Crippen LogP contribution in [0.2, 0.25) is 0 Å². The number of imide groups is 1. The van der Waals surface area contributed by atoms with Crippen molar-refractivity contribution in [1.82, 2.24) is 59.8 Å². The van der Waals surface area contributed by atoms with Gasteiger partial charge in [-0.15, -0.1) is 0 Å². The number of nitrogen functional groups attached to an aromatic ring is 1. The maximum absolute atomic E-state index is 16.1. The van der Waals surface area contributed by atoms with Gasteiger partial charge in [0.05, 0.1) is 17.6 Å². The van der Waals surface area contributed by atoms with Crippen LogP contribution in [-0.4, -0.2) is 125 Å². The van der Waals surface area contributed by atoms with Gasteiger partial charge in [-0.3, -0.25) is 24.5 Å². The van der Waals surface area contributed by atoms with Gasteiger partial charge < -0.3 is 24.8 Å². The molecule has 0 radical (unpaired) electrons. The number of anilines is 2. The predicted molar refractivity (Wildman–Crippen MR) is 246 cm³/mol. The number of aryl methyl sites for hydroxylation is 1. The van der Waals surface area contributed by atoms with E-state index in [1.54, 1.807) is 7.05 Å². The predicted octanol–water partition coefficient (Wildman–Crippen LogP) is 5.91. The summed E-state index contributed by atoms with van der Waals surface area (Å²) in [6.07, 6.45) is 12.7. The van der Waals surface area contributed by atoms with E-state index in [9.17, 15) is 14.4 Å². The van der Waals surface area contributed by atoms with E-state index in [1.807, 2.05) is 48.0 Å². The Balaban J connectivity index is 0.649. The number of benzene rings is 1. The van der Waals surface area contributed by atoms with Gasteiger partial charge in [0, 0.05) is 82.4 Å². The first-order chi connectivity index (χ1) is 32.5. The Labute approximate surface area is 386 Å². The number of nitrogens with one attached hydrogen (secondary N) is 1. The number of fused-ring (bicyclic) bond motifs is 2. The number of carbonyl (C=O) groups excluding carboxylic acids is 3. The number of halogens is 1. The first-order valence-corrected chi connectivity index (χ1v) is 23.7. The third-order valence-corrected chi connectivity index (χ3v) is 13.8. The van der Waals surface area contributed by atoms with Crippen LogP contribution in [-0.2, 0) is 27.8 Å². The fourth-order valence-electron chi connectivity index (χ4n) is 9.98. The fourth-order valence-corrected chi connectivity index (χ4v) is 9.98. The minimum atomic E-state index is -0.539. The zero-order valence-electron chi connectivity index (χ0n) is 38.3. The number of nitrogens with two attached hydrogens (primary N) is 1. The second-order valence-electron chi connectivity index (χ2n) is 18.7. The van der Waals surface area contributed by atoms with Gasteiger partial charge >= 0.3 is 6.03 Å². The summed E-state index contributed by atoms with van der Waals surface area (Å²) >= 11 is 0. The van der Waals surface area contributed by atoms with Crippen molar-refractivity contribution in [1.29, 1.82) is 0 Å². The number of rotatable bonds is 15. The molecular formula is C47H57FN14O5. The van der Waals surface area contributed by atoms with Crippen LogP contribution in [0.4, 0.5) is 20.8 Å². The molecule has 19 nitrogen and oxygen atoms in total. The SMILES string of the molecule is CC(C)n1nc(-c2noc(C3CC3)c2-c2ncc(CCOCCCC(=O)N3CCC(CN4CCC(c5ccc6c(N7CCC(=O)NC7=O)nn(C)c6c5F)CC4)CC3)cn2)c2c(N)ncnc21. The van der Waals surface area contributed by atoms with Gasteiger partial charge in [0.1, 0.15) is 29.0 Å². The standard InChI is InChI=1S/C47H57FN14O5/c1-27(2)62-46-37(43(49)52-26-53-46)39(55-62)40-36(42(67-57-40)31-6-7-31)44-50-23-29(24-51-44)15-22-66-21-4-5-35(64)60-18-10-28(11-19-60)25-59-16-12-30(13-17-59)32-8-9-33-41(38(32)48)58(3)56-45(33)61-20-14-34(63)54-47(61)65/h8-9,23-24,26-28,30-31H,4-7,10-22,25H2,1-3H3,(H2,49,52,53)(H,54,63,65). The van der Waals surface area contributed by atoms with Crippen molar-refractivity contribution in [2.75, 3.05) is 63.1 Å². The summed E-state index contributed by atoms with van der Waals surface area (Å²) in [5.74, 6) is 2.36. The number of hydrogen-bond acceptors (Lipinski definition) is 14. The van der Waals surface area contributed by atoms with Crippen LogP contribution in [0.1, 0.15) is 106 Å². The third-order valence-electron chi connectivity index (χ3n) is 13.8. The number of likely N-dealkylation sites (tertiary alicyclic amines) is 2. The minimum Gasteiger partial charge on any atom is -0.383 e. The van der Waals surface area contributed by atoms with Crippen molar-refractivity contribution in [3.05, 3.63) is 53.6 Å². The second kappa shape index (κ2) is 18.7. The van der Waals surface area contributed by atoms with Crippen LogP contribution >= 0.6 is 0 Å². The Hall–Kier alpha value is -6.41. The average molecular weight is 917 g/mol. The van der Waals surface area contributed by atoms with Crippen LogP contribution in [0.25, 0.3) is 44.7 Å². The molecule has 352 valence electrons. The smallest absolute Gasteiger partial charge is 0.329 e. The quantitative estimate of drug-likeness (QED) is 0.114. The molecule has 4 amide bonds. The van der Waals surface area contributed by atoms with E-state index in [4.69, 9.17) is 30.1 Å². The zero-order valence-corrected chi connectivity index (χ0v) is 38.3. The lowest BCUT2D eigenvalue weighted by Gasteiger charge is -2.38. The highest BCUT2D eigenvalue weighted by atomic mass is 19.1. The van der Waals surface area contributed by atoms with Gasteiger partial charge in [-0.05, 0) is 107 Å². The van der Waals surface area contributed by atoms with Gasteiger partial charge in [0.25, 0.3) is 0 Å². The number of amides is 4. The van der Waals surface area contributed by atoms with Crippen molar-refractivity contribution < 1.29 is 28.0 Å². The zero-order chi connectivity index (χ0) is 46.3. The molecule has 3 aliphatic heterocycles. The highest BCUT2D eigenvalue weighted by molar-refractivity contribution is 6.09. The molecule has 5 aromatic heterocycles. The Morgan fingerprint density at radius 3 is 2.45 bits per heavy atom. The number of urea groups is 1. The number of hydrogen-bond donors (Lipinski definition) is 2. The summed E-state index contributed by atoms with van der Waals surface area (Å²) in [5.41, 5.74) is 10.8. The molecule has 67 heavy (non-hydrogen) atoms. The van der Waals surface area contributed by atoms with Crippen molar-refractivity contribution >= 4 is 51.4 Å². The third kappa shape index (κ3) is 8.95. The lowest BCUT2D eigenvalue weighted by atomic mass is 9.87. The molecule has 1 aliphatic carbocycles. The van der Waals surface area contributed by atoms with E-state index < -0.39 is 6.03 Å². The summed E-state index contributed by atoms with van der Waals surface area (Å²) in [6.45, 7) is 9.55. The molecule has 0 atom stereocenters. The van der Waals surface area contributed by atoms with Crippen LogP contribution in [0, 0.1) is 11.7 Å². The molecule has 4 fully saturated rings. The number of piperidine rings is 2. The summed E-state index contributed by atoms with van der Waals surface area (Å²) in [6, 6.07) is 3.19. The van der Waals surface area contributed by atoms with E-state index in [0.717, 1.165) is 88.1 Å². The lowest BCUT2D eigenvalue weighted by molar-refractivity contribution is -0.133. The highest BCUT2D eigenvalue weighted by Gasteiger charge is 2.37. The van der Waals surface area contributed by atoms with Crippen molar-refractivity contribution in [3.63, 3.8) is 0 Å². The fraction of sp³-hybridized carbons (Fsp3) is 0.532. The Kier molecular flexibility index (Phi) is 12.4. The molecule has 0 unspecified atom stereocenters. The van der Waals surface area contributed by atoms with Crippen molar-refractivity contribution in [2.24, 2.45) is 13.0 Å². The first-order valence-electron chi connectivity index (χ1n) is 23.7. The molecule has 0 spiro atoms. The molecular weight excluding hydrogens is 860 g/mol.